The molecule has 0 saturated carbocycles. The van der Waals surface area contributed by atoms with Crippen LogP contribution in [0.15, 0.2) is 18.2 Å². The number of hydrogen-bond acceptors (Lipinski definition) is 6. The van der Waals surface area contributed by atoms with Crippen molar-refractivity contribution >= 4 is 56.1 Å². The first-order valence-electron chi connectivity index (χ1n) is 9.51. The molecule has 15 heteroatoms. The summed E-state index contributed by atoms with van der Waals surface area (Å²) in [5, 5.41) is 6.79. The number of likely N-dealkylation sites (tertiary alicyclic amines) is 1. The molecule has 0 radical (unpaired) electrons. The Morgan fingerprint density at radius 1 is 1.33 bits per heavy atom. The van der Waals surface area contributed by atoms with Crippen LogP contribution < -0.4 is 10.5 Å². The summed E-state index contributed by atoms with van der Waals surface area (Å²) < 4.78 is 75.3. The van der Waals surface area contributed by atoms with E-state index in [1.807, 2.05) is 0 Å². The zero-order valence-electron chi connectivity index (χ0n) is 16.9. The van der Waals surface area contributed by atoms with Crippen LogP contribution in [0.4, 0.5) is 22.0 Å². The van der Waals surface area contributed by atoms with Gasteiger partial charge in [-0.15, -0.1) is 23.1 Å². The molecule has 182 valence electrons. The molecule has 0 aliphatic carbocycles. The van der Waals surface area contributed by atoms with Crippen molar-refractivity contribution in [2.24, 2.45) is 5.14 Å². The Balaban J connectivity index is 1.78. The maximum Gasteiger partial charge on any atom is 0.389 e. The number of carbonyl (C=O) groups excluding carboxylic acids is 2. The lowest BCUT2D eigenvalue weighted by atomic mass is 10.1. The van der Waals surface area contributed by atoms with Crippen molar-refractivity contribution in [3.8, 4) is 0 Å². The molecule has 0 bridgehead atoms. The molecule has 2 aromatic rings. The number of nitrogens with zero attached hydrogens (tertiary/aromatic N) is 2. The summed E-state index contributed by atoms with van der Waals surface area (Å²) in [6.45, 7) is -1.35. The van der Waals surface area contributed by atoms with Crippen LogP contribution in [-0.2, 0) is 15.8 Å². The summed E-state index contributed by atoms with van der Waals surface area (Å²) in [5.74, 6) is -4.48. The fourth-order valence-corrected chi connectivity index (χ4v) is 5.60. The molecule has 1 aliphatic rings. The van der Waals surface area contributed by atoms with Crippen LogP contribution in [-0.4, -0.2) is 69.1 Å². The molecule has 2 unspecified atom stereocenters. The average Bonchev–Trinajstić information content (AvgIpc) is 3.10. The number of thiazole rings is 1. The van der Waals surface area contributed by atoms with E-state index in [0.29, 0.717) is 10.2 Å². The molecule has 2 amide bonds. The Morgan fingerprint density at radius 3 is 2.64 bits per heavy atom. The van der Waals surface area contributed by atoms with Gasteiger partial charge < -0.3 is 10.2 Å². The molecule has 1 aliphatic heterocycles. The van der Waals surface area contributed by atoms with Crippen molar-refractivity contribution < 1.29 is 35.8 Å². The lowest BCUT2D eigenvalue weighted by Gasteiger charge is -2.38. The number of rotatable bonds is 9. The van der Waals surface area contributed by atoms with Crippen molar-refractivity contribution in [3.63, 3.8) is 0 Å². The Morgan fingerprint density at radius 2 is 2.03 bits per heavy atom. The molecule has 1 fully saturated rings. The summed E-state index contributed by atoms with van der Waals surface area (Å²) in [5.41, 5.74) is 0.585. The molecule has 3 rings (SSSR count). The first-order chi connectivity index (χ1) is 15.3. The molecule has 33 heavy (non-hydrogen) atoms. The van der Waals surface area contributed by atoms with Gasteiger partial charge in [-0.25, -0.2) is 18.0 Å². The fraction of sp³-hybridized carbons (Fsp3) is 0.500. The topological polar surface area (TPSA) is 105 Å². The minimum absolute atomic E-state index is 0.0213. The van der Waals surface area contributed by atoms with Crippen LogP contribution in [0.2, 0.25) is 0 Å². The van der Waals surface area contributed by atoms with E-state index in [4.69, 9.17) is 5.14 Å². The number of amides is 2. The second kappa shape index (κ2) is 10.2. The van der Waals surface area contributed by atoms with E-state index in [2.05, 4.69) is 10.3 Å². The molecule has 3 N–H and O–H groups in total. The monoisotopic (exact) mass is 530 g/mol. The van der Waals surface area contributed by atoms with Gasteiger partial charge in [0.15, 0.2) is 0 Å². The largest absolute Gasteiger partial charge is 0.389 e. The van der Waals surface area contributed by atoms with Gasteiger partial charge in [-0.3, -0.25) is 14.7 Å². The number of nitrogens with one attached hydrogen (secondary N) is 1. The molecule has 1 aromatic heterocycles. The summed E-state index contributed by atoms with van der Waals surface area (Å²) in [6, 6.07) is 4.38. The van der Waals surface area contributed by atoms with Gasteiger partial charge in [0.05, 0.1) is 46.5 Å². The number of nitrogens with two attached hydrogens (primary N) is 1. The number of carbonyl (C=O) groups is 2. The van der Waals surface area contributed by atoms with Gasteiger partial charge in [0.1, 0.15) is 10.3 Å². The van der Waals surface area contributed by atoms with Gasteiger partial charge in [-0.05, 0) is 18.2 Å². The zero-order valence-corrected chi connectivity index (χ0v) is 19.3. The SMILES string of the molecule is NS(=O)CCNC(=O)C(SCCC(F)(F)F)c1nc2ccc(C(=O)N3CC(F)(F)C3)cc2s1. The average molecular weight is 531 g/mol. The third kappa shape index (κ3) is 7.07. The summed E-state index contributed by atoms with van der Waals surface area (Å²) in [7, 11) is -1.65. The van der Waals surface area contributed by atoms with E-state index < -0.39 is 59.7 Å². The van der Waals surface area contributed by atoms with Crippen LogP contribution in [0.1, 0.15) is 27.0 Å². The first-order valence-corrected chi connectivity index (χ1v) is 12.8. The molecule has 1 saturated heterocycles. The van der Waals surface area contributed by atoms with Crippen molar-refractivity contribution in [2.45, 2.75) is 23.8 Å². The molecule has 2 heterocycles. The van der Waals surface area contributed by atoms with E-state index in [1.165, 1.54) is 18.2 Å². The predicted octanol–water partition coefficient (Wildman–Crippen LogP) is 2.85. The highest BCUT2D eigenvalue weighted by atomic mass is 32.2. The highest BCUT2D eigenvalue weighted by Crippen LogP contribution is 2.37. The number of fused-ring (bicyclic) bond motifs is 1. The first kappa shape index (κ1) is 25.8. The van der Waals surface area contributed by atoms with Gasteiger partial charge in [0, 0.05) is 17.9 Å². The van der Waals surface area contributed by atoms with Crippen molar-refractivity contribution in [3.05, 3.63) is 28.8 Å². The van der Waals surface area contributed by atoms with E-state index in [-0.39, 0.29) is 28.6 Å². The molecular weight excluding hydrogens is 511 g/mol. The van der Waals surface area contributed by atoms with Gasteiger partial charge in [0.2, 0.25) is 5.91 Å². The lowest BCUT2D eigenvalue weighted by Crippen LogP contribution is -2.58. The standard InChI is InChI=1S/C18H19F5N4O3S3/c19-17(20)8-27(9-17)16(29)10-1-2-11-12(7-10)32-15(26-11)13(31-5-3-18(21,22)23)14(28)25-4-6-33(24)30/h1-2,7,13H,3-6,8-9,24H2,(H,25,28). The number of aromatic nitrogens is 1. The van der Waals surface area contributed by atoms with Crippen LogP contribution >= 0.6 is 23.1 Å². The van der Waals surface area contributed by atoms with Crippen LogP contribution in [0.25, 0.3) is 10.2 Å². The van der Waals surface area contributed by atoms with Crippen molar-refractivity contribution in [2.75, 3.05) is 31.1 Å². The molecule has 2 atom stereocenters. The van der Waals surface area contributed by atoms with Crippen LogP contribution in [0, 0.1) is 0 Å². The number of benzene rings is 1. The Hall–Kier alpha value is -1.84. The maximum atomic E-state index is 13.1. The van der Waals surface area contributed by atoms with Crippen LogP contribution in [0.3, 0.4) is 0 Å². The molecule has 1 aromatic carbocycles. The van der Waals surface area contributed by atoms with Gasteiger partial charge in [-0.1, -0.05) is 0 Å². The summed E-state index contributed by atoms with van der Waals surface area (Å²) in [4.78, 5) is 30.3. The highest BCUT2D eigenvalue weighted by Gasteiger charge is 2.46. The fourth-order valence-electron chi connectivity index (χ4n) is 2.95. The normalized spacial score (nSPS) is 17.5. The zero-order chi connectivity index (χ0) is 24.4. The third-order valence-corrected chi connectivity index (χ3v) is 7.57. The number of thioether (sulfide) groups is 1. The van der Waals surface area contributed by atoms with E-state index in [1.54, 1.807) is 0 Å². The van der Waals surface area contributed by atoms with Gasteiger partial charge in [-0.2, -0.15) is 13.2 Å². The van der Waals surface area contributed by atoms with Gasteiger partial charge >= 0.3 is 6.18 Å². The molecule has 7 nitrogen and oxygen atoms in total. The van der Waals surface area contributed by atoms with Crippen molar-refractivity contribution in [1.29, 1.82) is 0 Å². The Labute approximate surface area is 195 Å². The number of alkyl halides is 5. The van der Waals surface area contributed by atoms with E-state index >= 15 is 0 Å². The second-order valence-corrected chi connectivity index (χ2v) is 10.7. The van der Waals surface area contributed by atoms with Crippen molar-refractivity contribution in [1.82, 2.24) is 15.2 Å². The quantitative estimate of drug-likeness (QED) is 0.485. The smallest absolute Gasteiger partial charge is 0.354 e. The predicted molar refractivity (Wildman–Crippen MR) is 117 cm³/mol. The second-order valence-electron chi connectivity index (χ2n) is 7.24. The minimum Gasteiger partial charge on any atom is -0.354 e. The molecule has 0 spiro atoms. The Kier molecular flexibility index (Phi) is 7.96. The Bertz CT molecular complexity index is 1050. The van der Waals surface area contributed by atoms with Crippen LogP contribution in [0.5, 0.6) is 0 Å². The van der Waals surface area contributed by atoms with E-state index in [0.717, 1.165) is 28.0 Å². The minimum atomic E-state index is -4.39. The van der Waals surface area contributed by atoms with E-state index in [9.17, 15) is 35.8 Å². The van der Waals surface area contributed by atoms with Gasteiger partial charge in [0.25, 0.3) is 11.8 Å². The summed E-state index contributed by atoms with van der Waals surface area (Å²) in [6.07, 6.45) is -5.49. The number of hydrogen-bond donors (Lipinski definition) is 2. The third-order valence-electron chi connectivity index (χ3n) is 4.52. The highest BCUT2D eigenvalue weighted by molar-refractivity contribution is 8.00. The summed E-state index contributed by atoms with van der Waals surface area (Å²) >= 11 is 1.78. The maximum absolute atomic E-state index is 13.1. The lowest BCUT2D eigenvalue weighted by molar-refractivity contribution is -0.130. The number of halogens is 5. The molecular formula is C18H19F5N4O3S3.